The first-order valence-corrected chi connectivity index (χ1v) is 6.10. The van der Waals surface area contributed by atoms with Crippen LogP contribution >= 0.6 is 23.4 Å². The van der Waals surface area contributed by atoms with Gasteiger partial charge in [-0.25, -0.2) is 0 Å². The number of benzene rings is 1. The number of halogens is 1. The molecule has 1 N–H and O–H groups in total. The molecule has 16 heavy (non-hydrogen) atoms. The van der Waals surface area contributed by atoms with Crippen molar-refractivity contribution in [3.63, 3.8) is 0 Å². The Kier molecular flexibility index (Phi) is 4.96. The molecular formula is C11H13ClO3S. The van der Waals surface area contributed by atoms with Crippen LogP contribution in [0.15, 0.2) is 23.1 Å². The van der Waals surface area contributed by atoms with E-state index in [1.165, 1.54) is 11.8 Å². The Morgan fingerprint density at radius 2 is 2.31 bits per heavy atom. The minimum atomic E-state index is -0.798. The third kappa shape index (κ3) is 3.61. The molecule has 0 amide bonds. The van der Waals surface area contributed by atoms with Crippen LogP contribution in [0.25, 0.3) is 0 Å². The van der Waals surface area contributed by atoms with Gasteiger partial charge in [0.15, 0.2) is 0 Å². The number of carboxylic acid groups (broad SMARTS) is 1. The quantitative estimate of drug-likeness (QED) is 0.826. The smallest absolute Gasteiger partial charge is 0.307 e. The summed E-state index contributed by atoms with van der Waals surface area (Å²) in [6.07, 6.45) is 0. The summed E-state index contributed by atoms with van der Waals surface area (Å²) < 4.78 is 5.17. The summed E-state index contributed by atoms with van der Waals surface area (Å²) in [6, 6.07) is 5.29. The fourth-order valence-corrected chi connectivity index (χ4v) is 2.36. The molecule has 0 aliphatic carbocycles. The van der Waals surface area contributed by atoms with Gasteiger partial charge in [0.25, 0.3) is 0 Å². The predicted octanol–water partition coefficient (Wildman–Crippen LogP) is 3.16. The van der Waals surface area contributed by atoms with Crippen LogP contribution in [0.5, 0.6) is 5.75 Å². The lowest BCUT2D eigenvalue weighted by Crippen LogP contribution is -2.11. The van der Waals surface area contributed by atoms with Gasteiger partial charge in [-0.1, -0.05) is 18.5 Å². The van der Waals surface area contributed by atoms with Gasteiger partial charge in [-0.3, -0.25) is 4.79 Å². The molecule has 1 unspecified atom stereocenters. The molecule has 0 fully saturated rings. The standard InChI is InChI=1S/C11H13ClO3S/c1-7(11(13)14)6-16-10-5-8(12)3-4-9(10)15-2/h3-5,7H,6H2,1-2H3,(H,13,14). The van der Waals surface area contributed by atoms with E-state index in [0.29, 0.717) is 16.5 Å². The zero-order valence-electron chi connectivity index (χ0n) is 9.07. The monoisotopic (exact) mass is 260 g/mol. The second-order valence-corrected chi connectivity index (χ2v) is 4.84. The second-order valence-electron chi connectivity index (χ2n) is 3.35. The molecule has 1 rings (SSSR count). The van der Waals surface area contributed by atoms with Crippen LogP contribution < -0.4 is 4.74 Å². The summed E-state index contributed by atoms with van der Waals surface area (Å²) in [7, 11) is 1.58. The van der Waals surface area contributed by atoms with E-state index in [0.717, 1.165) is 4.90 Å². The van der Waals surface area contributed by atoms with Gasteiger partial charge in [-0.2, -0.15) is 0 Å². The zero-order valence-corrected chi connectivity index (χ0v) is 10.6. The van der Waals surface area contributed by atoms with E-state index < -0.39 is 11.9 Å². The van der Waals surface area contributed by atoms with Gasteiger partial charge in [0, 0.05) is 10.8 Å². The van der Waals surface area contributed by atoms with E-state index in [2.05, 4.69) is 0 Å². The predicted molar refractivity (Wildman–Crippen MR) is 65.5 cm³/mol. The van der Waals surface area contributed by atoms with Crippen LogP contribution in [-0.2, 0) is 4.79 Å². The average molecular weight is 261 g/mol. The molecule has 0 saturated heterocycles. The molecule has 0 spiro atoms. The molecule has 3 nitrogen and oxygen atoms in total. The summed E-state index contributed by atoms with van der Waals surface area (Å²) >= 11 is 7.30. The molecule has 5 heteroatoms. The highest BCUT2D eigenvalue weighted by Gasteiger charge is 2.13. The fraction of sp³-hybridized carbons (Fsp3) is 0.364. The summed E-state index contributed by atoms with van der Waals surface area (Å²) in [5.74, 6) is 0.0145. The normalized spacial score (nSPS) is 12.2. The van der Waals surface area contributed by atoms with Crippen molar-refractivity contribution >= 4 is 29.3 Å². The third-order valence-electron chi connectivity index (χ3n) is 2.04. The Bertz CT molecular complexity index is 381. The number of methoxy groups -OCH3 is 1. The van der Waals surface area contributed by atoms with Crippen molar-refractivity contribution in [2.75, 3.05) is 12.9 Å². The number of hydrogen-bond acceptors (Lipinski definition) is 3. The van der Waals surface area contributed by atoms with Crippen molar-refractivity contribution < 1.29 is 14.6 Å². The van der Waals surface area contributed by atoms with Crippen molar-refractivity contribution in [3.05, 3.63) is 23.2 Å². The lowest BCUT2D eigenvalue weighted by Gasteiger charge is -2.10. The number of carboxylic acids is 1. The van der Waals surface area contributed by atoms with Crippen molar-refractivity contribution in [2.24, 2.45) is 5.92 Å². The molecule has 0 radical (unpaired) electrons. The van der Waals surface area contributed by atoms with E-state index in [4.69, 9.17) is 21.4 Å². The summed E-state index contributed by atoms with van der Waals surface area (Å²) in [6.45, 7) is 1.67. The maximum absolute atomic E-state index is 10.7. The number of rotatable bonds is 5. The van der Waals surface area contributed by atoms with Crippen LogP contribution in [0.3, 0.4) is 0 Å². The van der Waals surface area contributed by atoms with Crippen LogP contribution in [0, 0.1) is 5.92 Å². The molecular weight excluding hydrogens is 248 g/mol. The van der Waals surface area contributed by atoms with Crippen molar-refractivity contribution in [1.82, 2.24) is 0 Å². The number of carbonyl (C=O) groups is 1. The lowest BCUT2D eigenvalue weighted by molar-refractivity contribution is -0.140. The van der Waals surface area contributed by atoms with Gasteiger partial charge in [0.2, 0.25) is 0 Å². The van der Waals surface area contributed by atoms with Gasteiger partial charge in [0.05, 0.1) is 17.9 Å². The Labute approximate surface area is 104 Å². The van der Waals surface area contributed by atoms with E-state index in [9.17, 15) is 4.79 Å². The Morgan fingerprint density at radius 3 is 2.88 bits per heavy atom. The van der Waals surface area contributed by atoms with E-state index >= 15 is 0 Å². The van der Waals surface area contributed by atoms with Gasteiger partial charge in [-0.15, -0.1) is 11.8 Å². The number of ether oxygens (including phenoxy) is 1. The van der Waals surface area contributed by atoms with Gasteiger partial charge < -0.3 is 9.84 Å². The summed E-state index contributed by atoms with van der Waals surface area (Å²) in [4.78, 5) is 11.5. The summed E-state index contributed by atoms with van der Waals surface area (Å²) in [5.41, 5.74) is 0. The van der Waals surface area contributed by atoms with Gasteiger partial charge >= 0.3 is 5.97 Å². The molecule has 1 atom stereocenters. The Hall–Kier alpha value is -0.870. The molecule has 0 aliphatic heterocycles. The second kappa shape index (κ2) is 6.01. The van der Waals surface area contributed by atoms with Crippen LogP contribution in [-0.4, -0.2) is 23.9 Å². The zero-order chi connectivity index (χ0) is 12.1. The fourth-order valence-electron chi connectivity index (χ4n) is 1.05. The van der Waals surface area contributed by atoms with E-state index in [1.54, 1.807) is 32.2 Å². The molecule has 0 aliphatic rings. The minimum absolute atomic E-state index is 0.395. The first-order chi connectivity index (χ1) is 7.54. The lowest BCUT2D eigenvalue weighted by atomic mass is 10.2. The van der Waals surface area contributed by atoms with Crippen LogP contribution in [0.1, 0.15) is 6.92 Å². The average Bonchev–Trinajstić information content (AvgIpc) is 2.25. The molecule has 0 bridgehead atoms. The first-order valence-electron chi connectivity index (χ1n) is 4.73. The van der Waals surface area contributed by atoms with E-state index in [-0.39, 0.29) is 0 Å². The molecule has 88 valence electrons. The van der Waals surface area contributed by atoms with Crippen molar-refractivity contribution in [1.29, 1.82) is 0 Å². The molecule has 0 aromatic heterocycles. The largest absolute Gasteiger partial charge is 0.496 e. The number of aliphatic carboxylic acids is 1. The van der Waals surface area contributed by atoms with Crippen molar-refractivity contribution in [3.8, 4) is 5.75 Å². The molecule has 0 heterocycles. The molecule has 1 aromatic rings. The minimum Gasteiger partial charge on any atom is -0.496 e. The van der Waals surface area contributed by atoms with Crippen LogP contribution in [0.4, 0.5) is 0 Å². The SMILES string of the molecule is COc1ccc(Cl)cc1SCC(C)C(=O)O. The topological polar surface area (TPSA) is 46.5 Å². The Balaban J connectivity index is 2.72. The highest BCUT2D eigenvalue weighted by molar-refractivity contribution is 7.99. The first kappa shape index (κ1) is 13.2. The number of hydrogen-bond donors (Lipinski definition) is 1. The molecule has 1 aromatic carbocycles. The highest BCUT2D eigenvalue weighted by Crippen LogP contribution is 2.32. The third-order valence-corrected chi connectivity index (χ3v) is 3.57. The maximum Gasteiger partial charge on any atom is 0.307 e. The number of thioether (sulfide) groups is 1. The Morgan fingerprint density at radius 1 is 1.62 bits per heavy atom. The maximum atomic E-state index is 10.7. The van der Waals surface area contributed by atoms with E-state index in [1.807, 2.05) is 0 Å². The summed E-state index contributed by atoms with van der Waals surface area (Å²) in [5, 5.41) is 9.39. The van der Waals surface area contributed by atoms with Crippen molar-refractivity contribution in [2.45, 2.75) is 11.8 Å². The van der Waals surface area contributed by atoms with Crippen LogP contribution in [0.2, 0.25) is 5.02 Å². The van der Waals surface area contributed by atoms with Gasteiger partial charge in [0.1, 0.15) is 5.75 Å². The highest BCUT2D eigenvalue weighted by atomic mass is 35.5. The molecule has 0 saturated carbocycles. The van der Waals surface area contributed by atoms with Gasteiger partial charge in [-0.05, 0) is 18.2 Å².